The van der Waals surface area contributed by atoms with Crippen LogP contribution in [0.25, 0.3) is 21.9 Å². The van der Waals surface area contributed by atoms with E-state index in [0.717, 1.165) is 36.4 Å². The molecule has 0 aliphatic carbocycles. The third kappa shape index (κ3) is 14.6. The topological polar surface area (TPSA) is 9.72 Å². The molecule has 6 aromatic rings. The fraction of sp³-hybridized carbons (Fsp3) is 0.452. The van der Waals surface area contributed by atoms with Crippen LogP contribution in [-0.4, -0.2) is 50.6 Å². The van der Waals surface area contributed by atoms with Gasteiger partial charge in [-0.15, -0.1) is 0 Å². The van der Waals surface area contributed by atoms with Gasteiger partial charge in [0.25, 0.3) is 0 Å². The summed E-state index contributed by atoms with van der Waals surface area (Å²) < 4.78 is 40.2. The Morgan fingerprint density at radius 3 is 1.29 bits per heavy atom. The Balaban J connectivity index is 0.000000150. The van der Waals surface area contributed by atoms with E-state index in [-0.39, 0.29) is 5.82 Å². The minimum Gasteiger partial charge on any atom is -0.371 e. The number of alkyl halides is 2. The number of benzene rings is 6. The van der Waals surface area contributed by atoms with Crippen LogP contribution < -0.4 is 14.7 Å². The molecule has 0 saturated carbocycles. The Morgan fingerprint density at radius 2 is 0.838 bits per heavy atom. The van der Waals surface area contributed by atoms with E-state index in [1.807, 2.05) is 0 Å². The van der Waals surface area contributed by atoms with Crippen LogP contribution in [0.2, 0.25) is 0 Å². The minimum absolute atomic E-state index is 0.192. The number of halogens is 3. The number of nitrogens with zero attached hydrogens (tertiary/aromatic N) is 3. The van der Waals surface area contributed by atoms with Crippen LogP contribution in [0.3, 0.4) is 0 Å². The molecular weight excluding hydrogens is 844 g/mol. The van der Waals surface area contributed by atoms with Crippen molar-refractivity contribution in [1.82, 2.24) is 0 Å². The molecule has 3 fully saturated rings. The van der Waals surface area contributed by atoms with Crippen LogP contribution in [0.15, 0.2) is 133 Å². The lowest BCUT2D eigenvalue weighted by molar-refractivity contribution is 0.149. The van der Waals surface area contributed by atoms with E-state index in [4.69, 9.17) is 0 Å². The maximum absolute atomic E-state index is 13.7. The summed E-state index contributed by atoms with van der Waals surface area (Å²) in [5, 5.41) is 2.86. The molecule has 6 heteroatoms. The molecule has 3 aliphatic rings. The van der Waals surface area contributed by atoms with Crippen LogP contribution in [0, 0.1) is 5.82 Å². The highest BCUT2D eigenvalue weighted by Crippen LogP contribution is 2.35. The molecule has 1 unspecified atom stereocenters. The maximum atomic E-state index is 13.7. The van der Waals surface area contributed by atoms with Crippen molar-refractivity contribution in [3.63, 3.8) is 0 Å². The Bertz CT molecular complexity index is 2420. The van der Waals surface area contributed by atoms with E-state index >= 15 is 0 Å². The number of piperidine rings is 2. The molecule has 1 atom stereocenters. The molecule has 3 saturated heterocycles. The molecule has 0 bridgehead atoms. The fourth-order valence-corrected chi connectivity index (χ4v) is 9.44. The maximum Gasteiger partial charge on any atom is 0.127 e. The van der Waals surface area contributed by atoms with E-state index in [1.54, 1.807) is 26.0 Å². The largest absolute Gasteiger partial charge is 0.371 e. The molecule has 3 heterocycles. The molecule has 0 amide bonds. The van der Waals surface area contributed by atoms with Crippen molar-refractivity contribution in [3.05, 3.63) is 162 Å². The van der Waals surface area contributed by atoms with Gasteiger partial charge in [-0.25, -0.2) is 13.2 Å². The fourth-order valence-electron chi connectivity index (χ4n) is 9.44. The Hall–Kier alpha value is -5.23. The normalized spacial score (nSPS) is 18.0. The van der Waals surface area contributed by atoms with Crippen molar-refractivity contribution in [2.45, 2.75) is 143 Å². The zero-order valence-corrected chi connectivity index (χ0v) is 43.0. The number of anilines is 3. The summed E-state index contributed by atoms with van der Waals surface area (Å²) >= 11 is 0. The molecule has 0 radical (unpaired) electrons. The van der Waals surface area contributed by atoms with Crippen LogP contribution in [-0.2, 0) is 0 Å². The smallest absolute Gasteiger partial charge is 0.127 e. The quantitative estimate of drug-likeness (QED) is 0.151. The second-order valence-corrected chi connectivity index (χ2v) is 21.2. The van der Waals surface area contributed by atoms with Crippen LogP contribution in [0.5, 0.6) is 0 Å². The lowest BCUT2D eigenvalue weighted by Gasteiger charge is -2.35. The van der Waals surface area contributed by atoms with Crippen LogP contribution in [0.4, 0.5) is 30.2 Å². The lowest BCUT2D eigenvalue weighted by Crippen LogP contribution is -2.40. The summed E-state index contributed by atoms with van der Waals surface area (Å²) in [4.78, 5) is 6.98. The van der Waals surface area contributed by atoms with Gasteiger partial charge in [0, 0.05) is 61.6 Å². The van der Waals surface area contributed by atoms with Gasteiger partial charge in [-0.2, -0.15) is 0 Å². The molecular formula is C62H80F3N3. The van der Waals surface area contributed by atoms with Gasteiger partial charge in [0.2, 0.25) is 0 Å². The summed E-state index contributed by atoms with van der Waals surface area (Å²) in [5.74, 6) is 2.06. The molecule has 364 valence electrons. The third-order valence-corrected chi connectivity index (χ3v) is 14.1. The predicted octanol–water partition coefficient (Wildman–Crippen LogP) is 17.5. The van der Waals surface area contributed by atoms with Gasteiger partial charge < -0.3 is 14.7 Å². The summed E-state index contributed by atoms with van der Waals surface area (Å²) in [7, 11) is 0. The van der Waals surface area contributed by atoms with Gasteiger partial charge in [-0.1, -0.05) is 146 Å². The SMILES string of the molecule is CC(C)c1ccc(-c2ccc(F)cc2)cc1.CC(C)c1ccc(N2CCC(C)(F)C2)cc1.CC(C)c1ccc(N2CCC(C)(F)CC2)cc1.CC(C)c1ccc(N2CCCCC2)c2ccccc12. The average Bonchev–Trinajstić information content (AvgIpc) is 3.71. The number of hydrogen-bond acceptors (Lipinski definition) is 3. The lowest BCUT2D eigenvalue weighted by atomic mass is 9.94. The van der Waals surface area contributed by atoms with Crippen LogP contribution >= 0.6 is 0 Å². The molecule has 9 rings (SSSR count). The first-order chi connectivity index (χ1) is 32.4. The standard InChI is InChI=1S/C18H23N.C15H22FN.C15H15F.C14H20FN/c1-14(2)15-10-11-18(19-12-6-3-7-13-19)17-9-5-4-8-16(15)17;1-12(2)13-4-6-14(7-5-13)17-10-8-15(3,16)9-11-17;1-11(2)12-3-5-13(6-4-12)14-7-9-15(16)10-8-14;1-11(2)12-4-6-13(7-5-12)16-9-8-14(3,15)10-16/h4-5,8-11,14H,3,6-7,12-13H2,1-2H3;4-7,12H,8-11H2,1-3H3;3-11H,1-2H3;4-7,11H,8-10H2,1-3H3. The van der Waals surface area contributed by atoms with Crippen molar-refractivity contribution in [2.75, 3.05) is 54.0 Å². The molecule has 3 nitrogen and oxygen atoms in total. The summed E-state index contributed by atoms with van der Waals surface area (Å²) in [6.07, 6.45) is 5.97. The monoisotopic (exact) mass is 924 g/mol. The summed E-state index contributed by atoms with van der Waals surface area (Å²) in [6, 6.07) is 45.8. The molecule has 0 aromatic heterocycles. The van der Waals surface area contributed by atoms with Crippen molar-refractivity contribution < 1.29 is 13.2 Å². The minimum atomic E-state index is -1.02. The predicted molar refractivity (Wildman–Crippen MR) is 288 cm³/mol. The summed E-state index contributed by atoms with van der Waals surface area (Å²) in [5.41, 5.74) is 9.50. The average molecular weight is 924 g/mol. The molecule has 0 spiro atoms. The number of fused-ring (bicyclic) bond motifs is 1. The van der Waals surface area contributed by atoms with Gasteiger partial charge in [0.1, 0.15) is 17.2 Å². The molecule has 0 N–H and O–H groups in total. The Labute approximate surface area is 408 Å². The van der Waals surface area contributed by atoms with Crippen molar-refractivity contribution in [1.29, 1.82) is 0 Å². The van der Waals surface area contributed by atoms with Crippen LogP contribution in [0.1, 0.15) is 154 Å². The highest BCUT2D eigenvalue weighted by atomic mass is 19.1. The van der Waals surface area contributed by atoms with Gasteiger partial charge in [-0.3, -0.25) is 0 Å². The van der Waals surface area contributed by atoms with Crippen molar-refractivity contribution in [2.24, 2.45) is 0 Å². The second kappa shape index (κ2) is 23.9. The van der Waals surface area contributed by atoms with E-state index in [0.29, 0.717) is 49.5 Å². The molecule has 6 aromatic carbocycles. The van der Waals surface area contributed by atoms with Gasteiger partial charge in [-0.05, 0) is 151 Å². The first-order valence-corrected chi connectivity index (χ1v) is 25.6. The third-order valence-electron chi connectivity index (χ3n) is 14.1. The number of hydrogen-bond donors (Lipinski definition) is 0. The van der Waals surface area contributed by atoms with E-state index in [9.17, 15) is 13.2 Å². The van der Waals surface area contributed by atoms with Gasteiger partial charge in [0.15, 0.2) is 0 Å². The van der Waals surface area contributed by atoms with E-state index < -0.39 is 11.3 Å². The Morgan fingerprint density at radius 1 is 0.412 bits per heavy atom. The first-order valence-electron chi connectivity index (χ1n) is 25.6. The number of rotatable bonds is 8. The van der Waals surface area contributed by atoms with Gasteiger partial charge in [0.05, 0.1) is 6.54 Å². The van der Waals surface area contributed by atoms with E-state index in [1.165, 1.54) is 88.9 Å². The zero-order chi connectivity index (χ0) is 49.0. The summed E-state index contributed by atoms with van der Waals surface area (Å²) in [6.45, 7) is 26.5. The zero-order valence-electron chi connectivity index (χ0n) is 43.0. The highest BCUT2D eigenvalue weighted by Gasteiger charge is 2.33. The Kier molecular flexibility index (Phi) is 18.3. The van der Waals surface area contributed by atoms with Crippen molar-refractivity contribution >= 4 is 27.8 Å². The van der Waals surface area contributed by atoms with Crippen molar-refractivity contribution in [3.8, 4) is 11.1 Å². The second-order valence-electron chi connectivity index (χ2n) is 21.2. The first kappa shape index (κ1) is 52.1. The molecule has 68 heavy (non-hydrogen) atoms. The van der Waals surface area contributed by atoms with Gasteiger partial charge >= 0.3 is 0 Å². The highest BCUT2D eigenvalue weighted by molar-refractivity contribution is 5.96. The molecule has 3 aliphatic heterocycles. The van der Waals surface area contributed by atoms with E-state index in [2.05, 4.69) is 179 Å².